The molecule has 3 aliphatic carbocycles. The smallest absolute Gasteiger partial charge is 0.338 e. The van der Waals surface area contributed by atoms with E-state index in [4.69, 9.17) is 18.6 Å². The van der Waals surface area contributed by atoms with Gasteiger partial charge in [-0.15, -0.1) is 0 Å². The first kappa shape index (κ1) is 31.5. The first-order chi connectivity index (χ1) is 21.8. The number of aliphatic hydroxyl groups is 1. The topological polar surface area (TPSA) is 150 Å². The lowest BCUT2D eigenvalue weighted by molar-refractivity contribution is -0.327. The summed E-state index contributed by atoms with van der Waals surface area (Å²) in [7, 11) is 0. The molecule has 0 aliphatic heterocycles. The lowest BCUT2D eigenvalue weighted by Gasteiger charge is -2.68. The van der Waals surface area contributed by atoms with Crippen LogP contribution in [0, 0.1) is 22.7 Å². The maximum Gasteiger partial charge on any atom is 0.338 e. The minimum absolute atomic E-state index is 0.137. The maximum absolute atomic E-state index is 13.9. The first-order valence-corrected chi connectivity index (χ1v) is 15.6. The van der Waals surface area contributed by atoms with Crippen molar-refractivity contribution in [2.45, 2.75) is 76.8 Å². The van der Waals surface area contributed by atoms with Crippen LogP contribution in [0.3, 0.4) is 0 Å². The Morgan fingerprint density at radius 3 is 2.02 bits per heavy atom. The summed E-state index contributed by atoms with van der Waals surface area (Å²) in [6, 6.07) is 18.3. The van der Waals surface area contributed by atoms with Crippen molar-refractivity contribution in [3.8, 4) is 0 Å². The molecule has 0 saturated heterocycles. The molecule has 0 amide bonds. The summed E-state index contributed by atoms with van der Waals surface area (Å²) in [5.74, 6) is -4.28. The third kappa shape index (κ3) is 4.56. The monoisotopic (exact) mass is 630 g/mol. The molecule has 46 heavy (non-hydrogen) atoms. The average Bonchev–Trinajstić information content (AvgIpc) is 3.52. The Labute approximate surface area is 266 Å². The van der Waals surface area contributed by atoms with Crippen LogP contribution >= 0.6 is 0 Å². The molecule has 2 fully saturated rings. The van der Waals surface area contributed by atoms with Crippen LogP contribution < -0.4 is 0 Å². The SMILES string of the molecule is CC(=O)OC1CCC2(C)C3Cc4occc4C(C)C3C(OC(=O)c3ccccc3)C(OC(=O)c3ccccc3)C2(O)C1(C)C(=O)O. The molecule has 0 bridgehead atoms. The zero-order chi connectivity index (χ0) is 33.0. The van der Waals surface area contributed by atoms with E-state index < -0.39 is 70.5 Å². The average molecular weight is 631 g/mol. The van der Waals surface area contributed by atoms with Gasteiger partial charge < -0.3 is 28.8 Å². The van der Waals surface area contributed by atoms with Crippen LogP contribution in [0.1, 0.15) is 78.5 Å². The number of aliphatic carboxylic acids is 1. The number of carboxylic acids is 1. The third-order valence-corrected chi connectivity index (χ3v) is 11.1. The summed E-state index contributed by atoms with van der Waals surface area (Å²) in [4.78, 5) is 53.4. The number of carbonyl (C=O) groups is 4. The van der Waals surface area contributed by atoms with Gasteiger partial charge in [0, 0.05) is 24.7 Å². The molecule has 3 aromatic rings. The largest absolute Gasteiger partial charge is 0.481 e. The van der Waals surface area contributed by atoms with Gasteiger partial charge in [-0.25, -0.2) is 9.59 Å². The van der Waals surface area contributed by atoms with Gasteiger partial charge >= 0.3 is 23.9 Å². The Balaban J connectivity index is 1.59. The fraction of sp³-hybridized carbons (Fsp3) is 0.444. The summed E-state index contributed by atoms with van der Waals surface area (Å²) in [6.45, 7) is 6.27. The van der Waals surface area contributed by atoms with Crippen LogP contribution in [0.4, 0.5) is 0 Å². The molecule has 1 aromatic heterocycles. The van der Waals surface area contributed by atoms with E-state index in [9.17, 15) is 29.4 Å². The summed E-state index contributed by atoms with van der Waals surface area (Å²) < 4.78 is 24.0. The van der Waals surface area contributed by atoms with E-state index in [-0.39, 0.29) is 29.9 Å². The van der Waals surface area contributed by atoms with E-state index in [1.807, 2.05) is 13.0 Å². The fourth-order valence-electron chi connectivity index (χ4n) is 8.75. The Hall–Kier alpha value is -4.44. The van der Waals surface area contributed by atoms with E-state index in [1.165, 1.54) is 13.8 Å². The third-order valence-electron chi connectivity index (χ3n) is 11.1. The number of ether oxygens (including phenoxy) is 3. The van der Waals surface area contributed by atoms with Gasteiger partial charge in [-0.2, -0.15) is 0 Å². The number of fused-ring (bicyclic) bond motifs is 4. The van der Waals surface area contributed by atoms with Crippen LogP contribution in [0.25, 0.3) is 0 Å². The van der Waals surface area contributed by atoms with Crippen LogP contribution in [0.15, 0.2) is 77.4 Å². The van der Waals surface area contributed by atoms with E-state index in [0.717, 1.165) is 5.56 Å². The molecule has 10 heteroatoms. The van der Waals surface area contributed by atoms with Crippen LogP contribution in [-0.4, -0.2) is 58.0 Å². The molecule has 9 atom stereocenters. The highest BCUT2D eigenvalue weighted by Gasteiger charge is 2.79. The number of esters is 3. The van der Waals surface area contributed by atoms with Gasteiger partial charge in [0.1, 0.15) is 29.0 Å². The number of benzene rings is 2. The molecule has 3 aliphatic rings. The number of hydrogen-bond donors (Lipinski definition) is 2. The van der Waals surface area contributed by atoms with Crippen molar-refractivity contribution < 1.29 is 48.0 Å². The van der Waals surface area contributed by atoms with Crippen LogP contribution in [0.5, 0.6) is 0 Å². The molecule has 6 rings (SSSR count). The number of hydrogen-bond acceptors (Lipinski definition) is 9. The lowest BCUT2D eigenvalue weighted by atomic mass is 9.39. The van der Waals surface area contributed by atoms with Crippen LogP contribution in [-0.2, 0) is 30.2 Å². The van der Waals surface area contributed by atoms with Gasteiger partial charge in [-0.3, -0.25) is 9.59 Å². The van der Waals surface area contributed by atoms with Crippen molar-refractivity contribution in [1.29, 1.82) is 0 Å². The molecule has 1 heterocycles. The Kier molecular flexibility index (Phi) is 7.83. The van der Waals surface area contributed by atoms with Crippen molar-refractivity contribution in [2.75, 3.05) is 0 Å². The lowest BCUT2D eigenvalue weighted by Crippen LogP contribution is -2.81. The summed E-state index contributed by atoms with van der Waals surface area (Å²) in [6.07, 6.45) is -1.97. The molecule has 9 unspecified atom stereocenters. The fourth-order valence-corrected chi connectivity index (χ4v) is 8.75. The Morgan fingerprint density at radius 1 is 0.870 bits per heavy atom. The van der Waals surface area contributed by atoms with Gasteiger partial charge in [0.2, 0.25) is 0 Å². The molecule has 2 aromatic carbocycles. The normalized spacial score (nSPS) is 34.6. The second-order valence-electron chi connectivity index (χ2n) is 13.2. The summed E-state index contributed by atoms with van der Waals surface area (Å²) >= 11 is 0. The summed E-state index contributed by atoms with van der Waals surface area (Å²) in [5, 5.41) is 24.4. The van der Waals surface area contributed by atoms with E-state index in [0.29, 0.717) is 12.2 Å². The number of furan rings is 1. The van der Waals surface area contributed by atoms with Gasteiger partial charge in [-0.05, 0) is 67.5 Å². The van der Waals surface area contributed by atoms with Crippen molar-refractivity contribution in [3.63, 3.8) is 0 Å². The minimum atomic E-state index is -2.40. The van der Waals surface area contributed by atoms with Crippen molar-refractivity contribution in [2.24, 2.45) is 22.7 Å². The second kappa shape index (κ2) is 11.4. The zero-order valence-corrected chi connectivity index (χ0v) is 26.2. The molecule has 0 spiro atoms. The highest BCUT2D eigenvalue weighted by molar-refractivity contribution is 5.91. The highest BCUT2D eigenvalue weighted by atomic mass is 16.6. The molecule has 2 N–H and O–H groups in total. The van der Waals surface area contributed by atoms with E-state index >= 15 is 0 Å². The van der Waals surface area contributed by atoms with Gasteiger partial charge in [-0.1, -0.05) is 50.2 Å². The highest BCUT2D eigenvalue weighted by Crippen LogP contribution is 2.68. The van der Waals surface area contributed by atoms with Crippen LogP contribution in [0.2, 0.25) is 0 Å². The van der Waals surface area contributed by atoms with E-state index in [2.05, 4.69) is 0 Å². The standard InChI is InChI=1S/C36H38O10/c1-20-24-16-18-43-26(24)19-25-28(20)29(45-31(38)22-11-7-5-8-12-22)30(46-32(39)23-13-9-6-10-14-23)36(42)34(25,3)17-15-27(44-21(2)37)35(36,4)33(40)41/h5-14,16,18,20,25,27-30,42H,15,17,19H2,1-4H3,(H,40,41). The van der Waals surface area contributed by atoms with Gasteiger partial charge in [0.15, 0.2) is 6.10 Å². The molecule has 10 nitrogen and oxygen atoms in total. The molecule has 242 valence electrons. The van der Waals surface area contributed by atoms with Crippen molar-refractivity contribution >= 4 is 23.9 Å². The quantitative estimate of drug-likeness (QED) is 0.275. The number of carboxylic acid groups (broad SMARTS) is 1. The predicted octanol–water partition coefficient (Wildman–Crippen LogP) is 5.19. The van der Waals surface area contributed by atoms with Crippen molar-refractivity contribution in [3.05, 3.63) is 95.4 Å². The number of carbonyl (C=O) groups excluding carboxylic acids is 3. The molecular weight excluding hydrogens is 592 g/mol. The maximum atomic E-state index is 13.9. The molecule has 2 saturated carbocycles. The molecular formula is C36H38O10. The first-order valence-electron chi connectivity index (χ1n) is 15.6. The second-order valence-corrected chi connectivity index (χ2v) is 13.2. The zero-order valence-electron chi connectivity index (χ0n) is 26.2. The summed E-state index contributed by atoms with van der Waals surface area (Å²) in [5.41, 5.74) is -4.52. The van der Waals surface area contributed by atoms with Gasteiger partial charge in [0.25, 0.3) is 0 Å². The predicted molar refractivity (Wildman–Crippen MR) is 163 cm³/mol. The number of rotatable bonds is 6. The van der Waals surface area contributed by atoms with Gasteiger partial charge in [0.05, 0.1) is 17.4 Å². The molecule has 0 radical (unpaired) electrons. The minimum Gasteiger partial charge on any atom is -0.481 e. The van der Waals surface area contributed by atoms with Crippen molar-refractivity contribution in [1.82, 2.24) is 0 Å². The Bertz CT molecular complexity index is 1650. The van der Waals surface area contributed by atoms with E-state index in [1.54, 1.807) is 73.9 Å². The Morgan fingerprint density at radius 2 is 1.46 bits per heavy atom.